The predicted molar refractivity (Wildman–Crippen MR) is 144 cm³/mol. The number of thioether (sulfide) groups is 1. The Morgan fingerprint density at radius 3 is 2.19 bits per heavy atom. The summed E-state index contributed by atoms with van der Waals surface area (Å²) in [5.41, 5.74) is 7.40. The molecule has 200 valence electrons. The summed E-state index contributed by atoms with van der Waals surface area (Å²) in [5.74, 6) is -1.09. The first-order chi connectivity index (χ1) is 17.8. The number of carbonyl (C=O) groups is 4. The Hall–Kier alpha value is -3.37. The zero-order valence-electron chi connectivity index (χ0n) is 21.3. The number of carbonyl (C=O) groups excluding carboxylic acids is 4. The molecule has 0 spiro atoms. The van der Waals surface area contributed by atoms with E-state index in [1.54, 1.807) is 44.2 Å². The summed E-state index contributed by atoms with van der Waals surface area (Å²) < 4.78 is 9.95. The molecule has 0 fully saturated rings. The van der Waals surface area contributed by atoms with Crippen molar-refractivity contribution < 1.29 is 28.7 Å². The zero-order chi connectivity index (χ0) is 27.0. The van der Waals surface area contributed by atoms with Crippen molar-refractivity contribution in [2.75, 3.05) is 30.4 Å². The van der Waals surface area contributed by atoms with Crippen LogP contribution in [0.3, 0.4) is 0 Å². The second-order valence-corrected chi connectivity index (χ2v) is 9.11. The molecule has 0 saturated carbocycles. The summed E-state index contributed by atoms with van der Waals surface area (Å²) in [6.45, 7) is 3.46. The van der Waals surface area contributed by atoms with E-state index in [-0.39, 0.29) is 38.4 Å². The molecule has 0 aliphatic heterocycles. The molecule has 37 heavy (non-hydrogen) atoms. The molecule has 0 radical (unpaired) electrons. The minimum atomic E-state index is -0.933. The molecule has 0 unspecified atom stereocenters. The van der Waals surface area contributed by atoms with E-state index < -0.39 is 35.8 Å². The van der Waals surface area contributed by atoms with E-state index in [4.69, 9.17) is 15.2 Å². The van der Waals surface area contributed by atoms with Crippen molar-refractivity contribution in [1.82, 2.24) is 5.32 Å². The highest BCUT2D eigenvalue weighted by Gasteiger charge is 2.29. The van der Waals surface area contributed by atoms with E-state index in [9.17, 15) is 19.2 Å². The molecule has 2 amide bonds. The Bertz CT molecular complexity index is 1010. The third kappa shape index (κ3) is 10.6. The minimum absolute atomic E-state index is 0.0592. The van der Waals surface area contributed by atoms with Crippen LogP contribution >= 0.6 is 11.8 Å². The summed E-state index contributed by atoms with van der Waals surface area (Å²) >= 11 is 1.49. The van der Waals surface area contributed by atoms with Gasteiger partial charge >= 0.3 is 11.9 Å². The molecule has 2 atom stereocenters. The first-order valence-corrected chi connectivity index (χ1v) is 13.4. The molecule has 10 heteroatoms. The second kappa shape index (κ2) is 16.4. The van der Waals surface area contributed by atoms with Gasteiger partial charge in [-0.15, -0.1) is 0 Å². The van der Waals surface area contributed by atoms with Gasteiger partial charge in [0.25, 0.3) is 5.91 Å². The molecule has 2 aromatic carbocycles. The lowest BCUT2D eigenvalue weighted by atomic mass is 10.1. The van der Waals surface area contributed by atoms with E-state index in [0.717, 1.165) is 5.56 Å². The minimum Gasteiger partial charge on any atom is -0.465 e. The van der Waals surface area contributed by atoms with Crippen LogP contribution in [0.5, 0.6) is 0 Å². The fourth-order valence-electron chi connectivity index (χ4n) is 3.39. The SMILES string of the molecule is CCOC(=O)CN(C(=O)[C@H](CSCc1ccccc1)NC(=O)CC[C@H](N)C(=O)OCC)c1ccccc1. The number of nitrogens with one attached hydrogen (secondary N) is 1. The van der Waals surface area contributed by atoms with Gasteiger partial charge in [-0.25, -0.2) is 0 Å². The highest BCUT2D eigenvalue weighted by molar-refractivity contribution is 7.98. The molecule has 9 nitrogen and oxygen atoms in total. The topological polar surface area (TPSA) is 128 Å². The maximum absolute atomic E-state index is 13.7. The van der Waals surface area contributed by atoms with Crippen LogP contribution in [0.1, 0.15) is 32.3 Å². The van der Waals surface area contributed by atoms with E-state index in [1.165, 1.54) is 16.7 Å². The van der Waals surface area contributed by atoms with Gasteiger partial charge in [0, 0.05) is 23.6 Å². The number of nitrogens with two attached hydrogens (primary N) is 1. The molecule has 0 bridgehead atoms. The van der Waals surface area contributed by atoms with E-state index in [2.05, 4.69) is 5.32 Å². The molecule has 0 aromatic heterocycles. The number of esters is 2. The maximum Gasteiger partial charge on any atom is 0.326 e. The van der Waals surface area contributed by atoms with Crippen LogP contribution in [-0.4, -0.2) is 61.3 Å². The molecule has 0 saturated heterocycles. The lowest BCUT2D eigenvalue weighted by molar-refractivity contribution is -0.145. The monoisotopic (exact) mass is 529 g/mol. The lowest BCUT2D eigenvalue weighted by Gasteiger charge is -2.27. The van der Waals surface area contributed by atoms with Crippen molar-refractivity contribution in [3.8, 4) is 0 Å². The first kappa shape index (κ1) is 29.9. The summed E-state index contributed by atoms with van der Waals surface area (Å²) in [5, 5.41) is 2.77. The van der Waals surface area contributed by atoms with Crippen molar-refractivity contribution in [2.24, 2.45) is 5.73 Å². The molecule has 3 N–H and O–H groups in total. The summed E-state index contributed by atoms with van der Waals surface area (Å²) in [4.78, 5) is 51.9. The van der Waals surface area contributed by atoms with Crippen LogP contribution in [0.2, 0.25) is 0 Å². The van der Waals surface area contributed by atoms with Crippen molar-refractivity contribution in [3.63, 3.8) is 0 Å². The van der Waals surface area contributed by atoms with Crippen molar-refractivity contribution in [1.29, 1.82) is 0 Å². The van der Waals surface area contributed by atoms with Crippen LogP contribution in [0.4, 0.5) is 5.69 Å². The summed E-state index contributed by atoms with van der Waals surface area (Å²) in [6.07, 6.45) is 0.0181. The van der Waals surface area contributed by atoms with Gasteiger partial charge in [0.15, 0.2) is 0 Å². The van der Waals surface area contributed by atoms with Crippen LogP contribution in [-0.2, 0) is 34.4 Å². The van der Waals surface area contributed by atoms with Gasteiger partial charge in [-0.2, -0.15) is 11.8 Å². The molecular formula is C27H35N3O6S. The Balaban J connectivity index is 2.16. The van der Waals surface area contributed by atoms with Crippen LogP contribution in [0.25, 0.3) is 0 Å². The third-order valence-corrected chi connectivity index (χ3v) is 6.33. The number of ether oxygens (including phenoxy) is 2. The van der Waals surface area contributed by atoms with Crippen LogP contribution < -0.4 is 16.0 Å². The number of rotatable bonds is 15. The Kier molecular flexibility index (Phi) is 13.2. The molecule has 2 aromatic rings. The highest BCUT2D eigenvalue weighted by atomic mass is 32.2. The molecular weight excluding hydrogens is 494 g/mol. The predicted octanol–water partition coefficient (Wildman–Crippen LogP) is 2.67. The van der Waals surface area contributed by atoms with E-state index in [1.807, 2.05) is 30.3 Å². The number of anilines is 1. The zero-order valence-corrected chi connectivity index (χ0v) is 22.1. The number of nitrogens with zero attached hydrogens (tertiary/aromatic N) is 1. The Labute approximate surface area is 222 Å². The van der Waals surface area contributed by atoms with Crippen molar-refractivity contribution in [3.05, 3.63) is 66.2 Å². The van der Waals surface area contributed by atoms with Gasteiger partial charge in [-0.05, 0) is 38.0 Å². The van der Waals surface area contributed by atoms with Crippen molar-refractivity contribution >= 4 is 41.2 Å². The summed E-state index contributed by atoms with van der Waals surface area (Å²) in [6, 6.07) is 16.7. The molecule has 0 aliphatic carbocycles. The maximum atomic E-state index is 13.7. The first-order valence-electron chi connectivity index (χ1n) is 12.2. The van der Waals surface area contributed by atoms with Gasteiger partial charge < -0.3 is 20.5 Å². The Morgan fingerprint density at radius 2 is 1.57 bits per heavy atom. The van der Waals surface area contributed by atoms with E-state index >= 15 is 0 Å². The number of amides is 2. The van der Waals surface area contributed by atoms with Gasteiger partial charge in [-0.3, -0.25) is 24.1 Å². The number of benzene rings is 2. The molecule has 0 heterocycles. The number of hydrogen-bond donors (Lipinski definition) is 2. The number of hydrogen-bond acceptors (Lipinski definition) is 8. The van der Waals surface area contributed by atoms with E-state index in [0.29, 0.717) is 11.4 Å². The lowest BCUT2D eigenvalue weighted by Crippen LogP contribution is -2.52. The molecule has 0 aliphatic rings. The van der Waals surface area contributed by atoms with Crippen molar-refractivity contribution in [2.45, 2.75) is 44.5 Å². The fourth-order valence-corrected chi connectivity index (χ4v) is 4.40. The van der Waals surface area contributed by atoms with Crippen LogP contribution in [0.15, 0.2) is 60.7 Å². The van der Waals surface area contributed by atoms with Crippen LogP contribution in [0, 0.1) is 0 Å². The van der Waals surface area contributed by atoms with Gasteiger partial charge in [0.2, 0.25) is 5.91 Å². The van der Waals surface area contributed by atoms with Gasteiger partial charge in [0.05, 0.1) is 13.2 Å². The number of para-hydroxylation sites is 1. The third-order valence-electron chi connectivity index (χ3n) is 5.23. The average Bonchev–Trinajstić information content (AvgIpc) is 2.90. The standard InChI is InChI=1S/C27H35N3O6S/c1-3-35-25(32)17-30(21-13-9-6-10-14-21)26(33)23(19-37-18-20-11-7-5-8-12-20)29-24(31)16-15-22(28)27(34)36-4-2/h5-14,22-23H,3-4,15-19,28H2,1-2H3,(H,29,31)/t22-,23-/m0/s1. The second-order valence-electron chi connectivity index (χ2n) is 8.08. The normalized spacial score (nSPS) is 12.2. The molecule has 2 rings (SSSR count). The fraction of sp³-hybridized carbons (Fsp3) is 0.407. The largest absolute Gasteiger partial charge is 0.465 e. The van der Waals surface area contributed by atoms with Gasteiger partial charge in [0.1, 0.15) is 18.6 Å². The quantitative estimate of drug-likeness (QED) is 0.337. The van der Waals surface area contributed by atoms with Gasteiger partial charge in [-0.1, -0.05) is 48.5 Å². The smallest absolute Gasteiger partial charge is 0.326 e. The Morgan fingerprint density at radius 1 is 0.946 bits per heavy atom. The summed E-state index contributed by atoms with van der Waals surface area (Å²) in [7, 11) is 0. The highest BCUT2D eigenvalue weighted by Crippen LogP contribution is 2.18. The average molecular weight is 530 g/mol.